The maximum absolute atomic E-state index is 10.1. The van der Waals surface area contributed by atoms with Gasteiger partial charge in [-0.05, 0) is 30.4 Å². The SMILES string of the molecule is OC(Cc1cccnc1)C1CCCCC1. The van der Waals surface area contributed by atoms with E-state index in [0.29, 0.717) is 5.92 Å². The van der Waals surface area contributed by atoms with E-state index in [0.717, 1.165) is 12.0 Å². The summed E-state index contributed by atoms with van der Waals surface area (Å²) in [6.07, 6.45) is 10.5. The monoisotopic (exact) mass is 205 g/mol. The van der Waals surface area contributed by atoms with Crippen molar-refractivity contribution >= 4 is 0 Å². The lowest BCUT2D eigenvalue weighted by atomic mass is 9.83. The lowest BCUT2D eigenvalue weighted by Gasteiger charge is -2.26. The van der Waals surface area contributed by atoms with Crippen molar-refractivity contribution in [3.05, 3.63) is 30.1 Å². The predicted molar refractivity (Wildman–Crippen MR) is 60.5 cm³/mol. The Hall–Kier alpha value is -0.890. The van der Waals surface area contributed by atoms with Gasteiger partial charge in [-0.3, -0.25) is 4.98 Å². The first-order valence-corrected chi connectivity index (χ1v) is 5.93. The highest BCUT2D eigenvalue weighted by Crippen LogP contribution is 2.27. The summed E-state index contributed by atoms with van der Waals surface area (Å²) in [6, 6.07) is 3.97. The molecule has 2 heteroatoms. The molecule has 0 aromatic carbocycles. The average Bonchev–Trinajstić information content (AvgIpc) is 2.31. The summed E-state index contributed by atoms with van der Waals surface area (Å²) in [6.45, 7) is 0. The van der Waals surface area contributed by atoms with E-state index in [1.54, 1.807) is 6.20 Å². The Morgan fingerprint density at radius 2 is 2.13 bits per heavy atom. The molecule has 1 fully saturated rings. The summed E-state index contributed by atoms with van der Waals surface area (Å²) < 4.78 is 0. The second-order valence-electron chi connectivity index (χ2n) is 4.53. The average molecular weight is 205 g/mol. The number of nitrogens with zero attached hydrogens (tertiary/aromatic N) is 1. The molecular formula is C13H19NO. The van der Waals surface area contributed by atoms with E-state index in [4.69, 9.17) is 0 Å². The minimum atomic E-state index is -0.172. The van der Waals surface area contributed by atoms with Gasteiger partial charge in [0.15, 0.2) is 0 Å². The van der Waals surface area contributed by atoms with Crippen LogP contribution in [0.3, 0.4) is 0 Å². The summed E-state index contributed by atoms with van der Waals surface area (Å²) >= 11 is 0. The molecule has 1 aromatic rings. The van der Waals surface area contributed by atoms with Gasteiger partial charge in [0, 0.05) is 18.8 Å². The van der Waals surface area contributed by atoms with Gasteiger partial charge in [0.1, 0.15) is 0 Å². The number of aliphatic hydroxyl groups is 1. The highest BCUT2D eigenvalue weighted by molar-refractivity contribution is 5.09. The van der Waals surface area contributed by atoms with Gasteiger partial charge in [0.25, 0.3) is 0 Å². The van der Waals surface area contributed by atoms with E-state index in [1.807, 2.05) is 18.3 Å². The Bertz CT molecular complexity index is 280. The van der Waals surface area contributed by atoms with Gasteiger partial charge in [0.2, 0.25) is 0 Å². The van der Waals surface area contributed by atoms with Crippen LogP contribution < -0.4 is 0 Å². The number of pyridine rings is 1. The number of rotatable bonds is 3. The molecule has 1 saturated carbocycles. The first kappa shape index (κ1) is 10.6. The van der Waals surface area contributed by atoms with Gasteiger partial charge in [0.05, 0.1) is 6.10 Å². The first-order valence-electron chi connectivity index (χ1n) is 5.93. The molecule has 15 heavy (non-hydrogen) atoms. The molecule has 0 spiro atoms. The molecule has 1 N–H and O–H groups in total. The lowest BCUT2D eigenvalue weighted by molar-refractivity contribution is 0.0850. The number of aromatic nitrogens is 1. The maximum atomic E-state index is 10.1. The van der Waals surface area contributed by atoms with E-state index in [2.05, 4.69) is 4.98 Å². The lowest BCUT2D eigenvalue weighted by Crippen LogP contribution is -2.24. The molecule has 0 bridgehead atoms. The van der Waals surface area contributed by atoms with Crippen LogP contribution in [0.1, 0.15) is 37.7 Å². The topological polar surface area (TPSA) is 33.1 Å². The van der Waals surface area contributed by atoms with Crippen molar-refractivity contribution in [3.8, 4) is 0 Å². The first-order chi connectivity index (χ1) is 7.36. The van der Waals surface area contributed by atoms with Crippen LogP contribution in [0.5, 0.6) is 0 Å². The fourth-order valence-electron chi connectivity index (χ4n) is 2.45. The summed E-state index contributed by atoms with van der Waals surface area (Å²) in [5.41, 5.74) is 1.15. The molecule has 0 amide bonds. The van der Waals surface area contributed by atoms with Crippen LogP contribution in [-0.4, -0.2) is 16.2 Å². The quantitative estimate of drug-likeness (QED) is 0.822. The minimum absolute atomic E-state index is 0.172. The summed E-state index contributed by atoms with van der Waals surface area (Å²) in [5, 5.41) is 10.1. The van der Waals surface area contributed by atoms with Crippen LogP contribution in [0.15, 0.2) is 24.5 Å². The van der Waals surface area contributed by atoms with E-state index in [9.17, 15) is 5.11 Å². The number of aliphatic hydroxyl groups excluding tert-OH is 1. The minimum Gasteiger partial charge on any atom is -0.392 e. The van der Waals surface area contributed by atoms with E-state index in [1.165, 1.54) is 32.1 Å². The molecule has 1 aliphatic carbocycles. The van der Waals surface area contributed by atoms with E-state index in [-0.39, 0.29) is 6.10 Å². The smallest absolute Gasteiger partial charge is 0.0609 e. The second-order valence-corrected chi connectivity index (χ2v) is 4.53. The predicted octanol–water partition coefficient (Wildman–Crippen LogP) is 2.57. The third-order valence-electron chi connectivity index (χ3n) is 3.36. The molecule has 1 unspecified atom stereocenters. The maximum Gasteiger partial charge on any atom is 0.0609 e. The molecule has 1 aromatic heterocycles. The van der Waals surface area contributed by atoms with Gasteiger partial charge in [-0.1, -0.05) is 25.3 Å². The fraction of sp³-hybridized carbons (Fsp3) is 0.615. The zero-order valence-electron chi connectivity index (χ0n) is 9.10. The van der Waals surface area contributed by atoms with Gasteiger partial charge in [-0.25, -0.2) is 0 Å². The van der Waals surface area contributed by atoms with Gasteiger partial charge in [-0.2, -0.15) is 0 Å². The van der Waals surface area contributed by atoms with Crippen molar-refractivity contribution in [2.45, 2.75) is 44.6 Å². The highest BCUT2D eigenvalue weighted by Gasteiger charge is 2.21. The number of hydrogen-bond acceptors (Lipinski definition) is 2. The van der Waals surface area contributed by atoms with Crippen molar-refractivity contribution < 1.29 is 5.11 Å². The normalized spacial score (nSPS) is 20.1. The highest BCUT2D eigenvalue weighted by atomic mass is 16.3. The molecule has 2 nitrogen and oxygen atoms in total. The molecule has 0 radical (unpaired) electrons. The fourth-order valence-corrected chi connectivity index (χ4v) is 2.45. The molecule has 0 aliphatic heterocycles. The van der Waals surface area contributed by atoms with Crippen LogP contribution in [-0.2, 0) is 6.42 Å². The Kier molecular flexibility index (Phi) is 3.73. The Balaban J connectivity index is 1.88. The Morgan fingerprint density at radius 3 is 2.80 bits per heavy atom. The van der Waals surface area contributed by atoms with Gasteiger partial charge in [-0.15, -0.1) is 0 Å². The molecule has 1 atom stereocenters. The Morgan fingerprint density at radius 1 is 1.33 bits per heavy atom. The van der Waals surface area contributed by atoms with Crippen molar-refractivity contribution in [3.63, 3.8) is 0 Å². The standard InChI is InChI=1S/C13H19NO/c15-13(12-6-2-1-3-7-12)9-11-5-4-8-14-10-11/h4-5,8,10,12-13,15H,1-3,6-7,9H2. The van der Waals surface area contributed by atoms with Crippen LogP contribution in [0, 0.1) is 5.92 Å². The van der Waals surface area contributed by atoms with Crippen LogP contribution in [0.25, 0.3) is 0 Å². The second kappa shape index (κ2) is 5.26. The van der Waals surface area contributed by atoms with Gasteiger partial charge < -0.3 is 5.11 Å². The summed E-state index contributed by atoms with van der Waals surface area (Å²) in [5.74, 6) is 0.513. The zero-order valence-corrected chi connectivity index (χ0v) is 9.10. The van der Waals surface area contributed by atoms with Crippen molar-refractivity contribution in [1.82, 2.24) is 4.98 Å². The Labute approximate surface area is 91.4 Å². The van der Waals surface area contributed by atoms with Crippen LogP contribution >= 0.6 is 0 Å². The third kappa shape index (κ3) is 3.03. The molecule has 2 rings (SSSR count). The van der Waals surface area contributed by atoms with Gasteiger partial charge >= 0.3 is 0 Å². The molecule has 82 valence electrons. The number of hydrogen-bond donors (Lipinski definition) is 1. The molecule has 0 saturated heterocycles. The van der Waals surface area contributed by atoms with Crippen LogP contribution in [0.4, 0.5) is 0 Å². The largest absolute Gasteiger partial charge is 0.392 e. The summed E-state index contributed by atoms with van der Waals surface area (Å²) in [4.78, 5) is 4.07. The molecular weight excluding hydrogens is 186 g/mol. The van der Waals surface area contributed by atoms with Crippen molar-refractivity contribution in [2.24, 2.45) is 5.92 Å². The molecule has 1 aliphatic rings. The zero-order chi connectivity index (χ0) is 10.5. The summed E-state index contributed by atoms with van der Waals surface area (Å²) in [7, 11) is 0. The van der Waals surface area contributed by atoms with Crippen LogP contribution in [0.2, 0.25) is 0 Å². The third-order valence-corrected chi connectivity index (χ3v) is 3.36. The van der Waals surface area contributed by atoms with E-state index >= 15 is 0 Å². The van der Waals surface area contributed by atoms with Crippen molar-refractivity contribution in [1.29, 1.82) is 0 Å². The molecule has 1 heterocycles. The van der Waals surface area contributed by atoms with Crippen molar-refractivity contribution in [2.75, 3.05) is 0 Å². The van der Waals surface area contributed by atoms with E-state index < -0.39 is 0 Å².